The second kappa shape index (κ2) is 7.16. The number of fused-ring (bicyclic) bond motifs is 1. The van der Waals surface area contributed by atoms with Crippen molar-refractivity contribution < 1.29 is 9.72 Å². The van der Waals surface area contributed by atoms with Crippen LogP contribution in [-0.4, -0.2) is 20.8 Å². The van der Waals surface area contributed by atoms with E-state index >= 15 is 0 Å². The molecule has 0 spiro atoms. The number of thiazole rings is 1. The van der Waals surface area contributed by atoms with Crippen molar-refractivity contribution in [2.24, 2.45) is 0 Å². The largest absolute Gasteiger partial charge is 0.322 e. The molecular formula is C20H14N4O3S. The van der Waals surface area contributed by atoms with Crippen LogP contribution in [0.15, 0.2) is 60.8 Å². The molecule has 4 aromatic rings. The van der Waals surface area contributed by atoms with Crippen molar-refractivity contribution in [3.63, 3.8) is 0 Å². The predicted molar refractivity (Wildman–Crippen MR) is 109 cm³/mol. The van der Waals surface area contributed by atoms with Crippen molar-refractivity contribution in [3.8, 4) is 10.6 Å². The number of pyridine rings is 1. The van der Waals surface area contributed by atoms with Gasteiger partial charge in [0.25, 0.3) is 11.6 Å². The van der Waals surface area contributed by atoms with Gasteiger partial charge < -0.3 is 5.32 Å². The van der Waals surface area contributed by atoms with Gasteiger partial charge in [0, 0.05) is 34.6 Å². The SMILES string of the molecule is Cc1c(C(=O)Nc2cccc(-c3nc4cccnc4s3)c2)cccc1[N+](=O)[O-]. The Kier molecular flexibility index (Phi) is 4.54. The van der Waals surface area contributed by atoms with E-state index in [4.69, 9.17) is 0 Å². The summed E-state index contributed by atoms with van der Waals surface area (Å²) >= 11 is 1.47. The Morgan fingerprint density at radius 1 is 1.14 bits per heavy atom. The lowest BCUT2D eigenvalue weighted by Gasteiger charge is -2.09. The number of nitrogens with one attached hydrogen (secondary N) is 1. The molecule has 0 aliphatic rings. The number of aromatic nitrogens is 2. The number of carbonyl (C=O) groups is 1. The van der Waals surface area contributed by atoms with E-state index < -0.39 is 10.8 Å². The second-order valence-corrected chi connectivity index (χ2v) is 7.07. The molecule has 0 saturated heterocycles. The van der Waals surface area contributed by atoms with Crippen molar-refractivity contribution in [1.29, 1.82) is 0 Å². The van der Waals surface area contributed by atoms with Gasteiger partial charge in [-0.25, -0.2) is 9.97 Å². The topological polar surface area (TPSA) is 98.0 Å². The van der Waals surface area contributed by atoms with E-state index in [1.807, 2.05) is 30.3 Å². The molecule has 0 unspecified atom stereocenters. The molecular weight excluding hydrogens is 376 g/mol. The summed E-state index contributed by atoms with van der Waals surface area (Å²) in [4.78, 5) is 33.0. The van der Waals surface area contributed by atoms with E-state index in [0.717, 1.165) is 20.9 Å². The second-order valence-electron chi connectivity index (χ2n) is 6.09. The Bertz CT molecular complexity index is 1190. The number of amides is 1. The molecule has 1 amide bonds. The molecule has 0 bridgehead atoms. The molecule has 1 N–H and O–H groups in total. The number of nitro groups is 1. The van der Waals surface area contributed by atoms with E-state index in [2.05, 4.69) is 15.3 Å². The van der Waals surface area contributed by atoms with Gasteiger partial charge in [0.1, 0.15) is 15.4 Å². The number of benzene rings is 2. The molecule has 0 aliphatic carbocycles. The fourth-order valence-corrected chi connectivity index (χ4v) is 3.79. The smallest absolute Gasteiger partial charge is 0.273 e. The highest BCUT2D eigenvalue weighted by atomic mass is 32.1. The van der Waals surface area contributed by atoms with E-state index in [1.54, 1.807) is 25.3 Å². The lowest BCUT2D eigenvalue weighted by Crippen LogP contribution is -2.14. The number of anilines is 1. The summed E-state index contributed by atoms with van der Waals surface area (Å²) in [6, 6.07) is 15.5. The zero-order valence-corrected chi connectivity index (χ0v) is 15.6. The third-order valence-electron chi connectivity index (χ3n) is 4.28. The quantitative estimate of drug-likeness (QED) is 0.398. The van der Waals surface area contributed by atoms with Crippen LogP contribution in [0.1, 0.15) is 15.9 Å². The maximum absolute atomic E-state index is 12.6. The zero-order chi connectivity index (χ0) is 19.7. The average Bonchev–Trinajstić information content (AvgIpc) is 3.12. The normalized spacial score (nSPS) is 10.8. The van der Waals surface area contributed by atoms with Crippen molar-refractivity contribution in [1.82, 2.24) is 9.97 Å². The molecule has 2 aromatic carbocycles. The first kappa shape index (κ1) is 17.7. The molecule has 138 valence electrons. The summed E-state index contributed by atoms with van der Waals surface area (Å²) in [5.74, 6) is -0.399. The maximum Gasteiger partial charge on any atom is 0.273 e. The molecule has 4 rings (SSSR count). The van der Waals surface area contributed by atoms with Crippen molar-refractivity contribution in [2.75, 3.05) is 5.32 Å². The Hall–Kier alpha value is -3.65. The lowest BCUT2D eigenvalue weighted by atomic mass is 10.1. The molecule has 8 heteroatoms. The first-order valence-electron chi connectivity index (χ1n) is 8.40. The Balaban J connectivity index is 1.63. The summed E-state index contributed by atoms with van der Waals surface area (Å²) in [7, 11) is 0. The molecule has 28 heavy (non-hydrogen) atoms. The van der Waals surface area contributed by atoms with Crippen molar-refractivity contribution in [2.45, 2.75) is 6.92 Å². The van der Waals surface area contributed by atoms with E-state index in [1.165, 1.54) is 23.5 Å². The van der Waals surface area contributed by atoms with Gasteiger partial charge in [-0.2, -0.15) is 0 Å². The number of nitrogens with zero attached hydrogens (tertiary/aromatic N) is 3. The van der Waals surface area contributed by atoms with Crippen LogP contribution < -0.4 is 5.32 Å². The van der Waals surface area contributed by atoms with Gasteiger partial charge in [-0.3, -0.25) is 14.9 Å². The van der Waals surface area contributed by atoms with E-state index in [9.17, 15) is 14.9 Å². The van der Waals surface area contributed by atoms with Gasteiger partial charge >= 0.3 is 0 Å². The van der Waals surface area contributed by atoms with Crippen LogP contribution in [0.5, 0.6) is 0 Å². The number of carbonyl (C=O) groups excluding carboxylic acids is 1. The third kappa shape index (κ3) is 3.33. The third-order valence-corrected chi connectivity index (χ3v) is 5.31. The minimum atomic E-state index is -0.492. The summed E-state index contributed by atoms with van der Waals surface area (Å²) in [5.41, 5.74) is 2.78. The summed E-state index contributed by atoms with van der Waals surface area (Å²) in [6.07, 6.45) is 1.72. The number of rotatable bonds is 4. The molecule has 7 nitrogen and oxygen atoms in total. The highest BCUT2D eigenvalue weighted by molar-refractivity contribution is 7.21. The lowest BCUT2D eigenvalue weighted by molar-refractivity contribution is -0.385. The van der Waals surface area contributed by atoms with Crippen LogP contribution in [0.4, 0.5) is 11.4 Å². The molecule has 0 fully saturated rings. The maximum atomic E-state index is 12.6. The first-order chi connectivity index (χ1) is 13.5. The van der Waals surface area contributed by atoms with Gasteiger partial charge in [0.2, 0.25) is 0 Å². The number of hydrogen-bond donors (Lipinski definition) is 1. The van der Waals surface area contributed by atoms with Crippen molar-refractivity contribution >= 4 is 39.0 Å². The number of nitro benzene ring substituents is 1. The Labute approximate surface area is 163 Å². The fourth-order valence-electron chi connectivity index (χ4n) is 2.89. The highest BCUT2D eigenvalue weighted by Gasteiger charge is 2.18. The average molecular weight is 390 g/mol. The van der Waals surface area contributed by atoms with Crippen LogP contribution in [0.25, 0.3) is 20.9 Å². The fraction of sp³-hybridized carbons (Fsp3) is 0.0500. The van der Waals surface area contributed by atoms with E-state index in [-0.39, 0.29) is 11.3 Å². The zero-order valence-electron chi connectivity index (χ0n) is 14.7. The van der Waals surface area contributed by atoms with Crippen LogP contribution in [0, 0.1) is 17.0 Å². The van der Waals surface area contributed by atoms with Crippen LogP contribution in [0.3, 0.4) is 0 Å². The standard InChI is InChI=1S/C20H14N4O3S/c1-12-15(7-3-9-17(12)24(26)27)18(25)22-14-6-2-5-13(11-14)19-23-16-8-4-10-21-20(16)28-19/h2-11H,1H3,(H,22,25). The molecule has 0 radical (unpaired) electrons. The minimum absolute atomic E-state index is 0.0802. The minimum Gasteiger partial charge on any atom is -0.322 e. The van der Waals surface area contributed by atoms with Gasteiger partial charge in [-0.15, -0.1) is 0 Å². The Morgan fingerprint density at radius 2 is 1.96 bits per heavy atom. The first-order valence-corrected chi connectivity index (χ1v) is 9.22. The van der Waals surface area contributed by atoms with Gasteiger partial charge in [0.05, 0.1) is 4.92 Å². The monoisotopic (exact) mass is 390 g/mol. The van der Waals surface area contributed by atoms with Crippen LogP contribution >= 0.6 is 11.3 Å². The Morgan fingerprint density at radius 3 is 2.75 bits per heavy atom. The van der Waals surface area contributed by atoms with Gasteiger partial charge in [-0.05, 0) is 37.3 Å². The number of hydrogen-bond acceptors (Lipinski definition) is 6. The summed E-state index contributed by atoms with van der Waals surface area (Å²) in [5, 5.41) is 14.7. The summed E-state index contributed by atoms with van der Waals surface area (Å²) in [6.45, 7) is 1.57. The van der Waals surface area contributed by atoms with Crippen molar-refractivity contribution in [3.05, 3.63) is 82.0 Å². The van der Waals surface area contributed by atoms with Gasteiger partial charge in [0.15, 0.2) is 0 Å². The predicted octanol–water partition coefficient (Wildman–Crippen LogP) is 4.83. The summed E-state index contributed by atoms with van der Waals surface area (Å²) < 4.78 is 0. The molecule has 0 aliphatic heterocycles. The molecule has 2 heterocycles. The molecule has 2 aromatic heterocycles. The molecule has 0 atom stereocenters. The van der Waals surface area contributed by atoms with Gasteiger partial charge in [-0.1, -0.05) is 29.5 Å². The van der Waals surface area contributed by atoms with E-state index in [0.29, 0.717) is 11.3 Å². The van der Waals surface area contributed by atoms with Crippen LogP contribution in [0.2, 0.25) is 0 Å². The highest BCUT2D eigenvalue weighted by Crippen LogP contribution is 2.30. The molecule has 0 saturated carbocycles. The van der Waals surface area contributed by atoms with Crippen LogP contribution in [-0.2, 0) is 0 Å².